The molecule has 1 aliphatic heterocycles. The maximum Gasteiger partial charge on any atom is 0.173 e. The summed E-state index contributed by atoms with van der Waals surface area (Å²) in [6.45, 7) is 6.55. The molecule has 0 bridgehead atoms. The lowest BCUT2D eigenvalue weighted by Gasteiger charge is -2.18. The first kappa shape index (κ1) is 13.4. The van der Waals surface area contributed by atoms with Crippen LogP contribution in [0.25, 0.3) is 0 Å². The van der Waals surface area contributed by atoms with Crippen LogP contribution in [-0.4, -0.2) is 23.3 Å². The van der Waals surface area contributed by atoms with E-state index in [4.69, 9.17) is 9.47 Å². The minimum Gasteiger partial charge on any atom is -0.490 e. The summed E-state index contributed by atoms with van der Waals surface area (Å²) in [4.78, 5) is 11.8. The third kappa shape index (κ3) is 2.53. The highest BCUT2D eigenvalue weighted by molar-refractivity contribution is 9.09. The van der Waals surface area contributed by atoms with Gasteiger partial charge in [-0.25, -0.2) is 0 Å². The summed E-state index contributed by atoms with van der Waals surface area (Å²) >= 11 is 3.20. The van der Waals surface area contributed by atoms with Gasteiger partial charge < -0.3 is 9.47 Å². The number of halogens is 1. The first-order valence-corrected chi connectivity index (χ1v) is 7.17. The van der Waals surface area contributed by atoms with Gasteiger partial charge in [-0.2, -0.15) is 0 Å². The van der Waals surface area contributed by atoms with Crippen molar-refractivity contribution in [1.82, 2.24) is 0 Å². The molecule has 0 atom stereocenters. The average molecular weight is 313 g/mol. The highest BCUT2D eigenvalue weighted by Crippen LogP contribution is 2.42. The topological polar surface area (TPSA) is 35.5 Å². The van der Waals surface area contributed by atoms with E-state index < -0.39 is 0 Å². The largest absolute Gasteiger partial charge is 0.490 e. The molecular formula is C14H17BrO3. The predicted octanol–water partition coefficient (Wildman–Crippen LogP) is 3.38. The van der Waals surface area contributed by atoms with Gasteiger partial charge in [-0.1, -0.05) is 15.9 Å². The van der Waals surface area contributed by atoms with Crippen molar-refractivity contribution < 1.29 is 14.3 Å². The van der Waals surface area contributed by atoms with Crippen molar-refractivity contribution in [2.24, 2.45) is 0 Å². The Hall–Kier alpha value is -1.03. The fourth-order valence-electron chi connectivity index (χ4n) is 2.18. The van der Waals surface area contributed by atoms with Crippen LogP contribution in [0.1, 0.15) is 36.7 Å². The highest BCUT2D eigenvalue weighted by Gasteiger charge is 2.33. The number of Topliss-reactive ketones (excluding diaryl/α,β-unsaturated/α-hetero) is 1. The Morgan fingerprint density at radius 3 is 2.83 bits per heavy atom. The third-order valence-electron chi connectivity index (χ3n) is 2.87. The van der Waals surface area contributed by atoms with Crippen LogP contribution < -0.4 is 9.47 Å². The minimum atomic E-state index is -0.232. The first-order chi connectivity index (χ1) is 8.46. The van der Waals surface area contributed by atoms with Crippen molar-refractivity contribution in [2.75, 3.05) is 11.9 Å². The molecule has 0 saturated carbocycles. The lowest BCUT2D eigenvalue weighted by molar-refractivity contribution is 0.102. The summed E-state index contributed by atoms with van der Waals surface area (Å²) in [7, 11) is 0. The summed E-state index contributed by atoms with van der Waals surface area (Å²) < 4.78 is 11.5. The third-order valence-corrected chi connectivity index (χ3v) is 3.38. The molecular weight excluding hydrogens is 296 g/mol. The summed E-state index contributed by atoms with van der Waals surface area (Å²) in [5.74, 6) is 1.52. The van der Waals surface area contributed by atoms with Crippen molar-refractivity contribution in [1.29, 1.82) is 0 Å². The number of hydrogen-bond donors (Lipinski definition) is 0. The molecule has 1 heterocycles. The lowest BCUT2D eigenvalue weighted by atomic mass is 9.99. The van der Waals surface area contributed by atoms with Crippen molar-refractivity contribution in [3.05, 3.63) is 23.3 Å². The van der Waals surface area contributed by atoms with Crippen LogP contribution in [0.5, 0.6) is 11.5 Å². The van der Waals surface area contributed by atoms with Crippen LogP contribution in [0, 0.1) is 0 Å². The van der Waals surface area contributed by atoms with E-state index >= 15 is 0 Å². The van der Waals surface area contributed by atoms with Gasteiger partial charge in [-0.05, 0) is 32.9 Å². The summed E-state index contributed by atoms with van der Waals surface area (Å²) in [5, 5.41) is 0.321. The second kappa shape index (κ2) is 4.92. The molecule has 1 aromatic rings. The number of fused-ring (bicyclic) bond motifs is 1. The first-order valence-electron chi connectivity index (χ1n) is 6.04. The Kier molecular flexibility index (Phi) is 3.66. The lowest BCUT2D eigenvalue weighted by Crippen LogP contribution is -2.24. The molecule has 4 heteroatoms. The van der Waals surface area contributed by atoms with E-state index in [9.17, 15) is 4.79 Å². The van der Waals surface area contributed by atoms with Crippen LogP contribution in [0.2, 0.25) is 0 Å². The van der Waals surface area contributed by atoms with Crippen LogP contribution in [-0.2, 0) is 6.42 Å². The Morgan fingerprint density at radius 1 is 1.50 bits per heavy atom. The predicted molar refractivity (Wildman–Crippen MR) is 74.1 cm³/mol. The molecule has 0 saturated heterocycles. The van der Waals surface area contributed by atoms with Gasteiger partial charge in [0.2, 0.25) is 0 Å². The fraction of sp³-hybridized carbons (Fsp3) is 0.500. The number of carbonyl (C=O) groups excluding carboxylic acids is 1. The van der Waals surface area contributed by atoms with Gasteiger partial charge in [0, 0.05) is 17.5 Å². The highest BCUT2D eigenvalue weighted by atomic mass is 79.9. The Balaban J connectivity index is 2.47. The molecule has 0 aliphatic carbocycles. The van der Waals surface area contributed by atoms with E-state index in [0.29, 0.717) is 23.2 Å². The van der Waals surface area contributed by atoms with Gasteiger partial charge in [0.25, 0.3) is 0 Å². The Morgan fingerprint density at radius 2 is 2.22 bits per heavy atom. The second-order valence-corrected chi connectivity index (χ2v) is 5.55. The van der Waals surface area contributed by atoms with Crippen molar-refractivity contribution in [3.63, 3.8) is 0 Å². The number of alkyl halides is 1. The number of rotatable bonds is 4. The molecule has 0 aromatic heterocycles. The molecule has 98 valence electrons. The van der Waals surface area contributed by atoms with E-state index in [1.165, 1.54) is 0 Å². The van der Waals surface area contributed by atoms with Gasteiger partial charge in [0.05, 0.1) is 11.9 Å². The smallest absolute Gasteiger partial charge is 0.173 e. The van der Waals surface area contributed by atoms with Crippen LogP contribution in [0.4, 0.5) is 0 Å². The summed E-state index contributed by atoms with van der Waals surface area (Å²) in [6, 6.07) is 3.68. The van der Waals surface area contributed by atoms with E-state index in [2.05, 4.69) is 15.9 Å². The Bertz CT molecular complexity index is 480. The number of ether oxygens (including phenoxy) is 2. The van der Waals surface area contributed by atoms with Crippen LogP contribution >= 0.6 is 15.9 Å². The molecule has 18 heavy (non-hydrogen) atoms. The molecule has 3 nitrogen and oxygen atoms in total. The van der Waals surface area contributed by atoms with Crippen molar-refractivity contribution >= 4 is 21.7 Å². The summed E-state index contributed by atoms with van der Waals surface area (Å²) in [6.07, 6.45) is 0.797. The van der Waals surface area contributed by atoms with Crippen molar-refractivity contribution in [3.8, 4) is 11.5 Å². The molecule has 1 aromatic carbocycles. The maximum atomic E-state index is 11.8. The molecule has 0 spiro atoms. The molecule has 0 N–H and O–H groups in total. The van der Waals surface area contributed by atoms with E-state index in [0.717, 1.165) is 17.7 Å². The number of benzene rings is 1. The van der Waals surface area contributed by atoms with Gasteiger partial charge >= 0.3 is 0 Å². The number of carbonyl (C=O) groups is 1. The molecule has 0 unspecified atom stereocenters. The Labute approximate surface area is 116 Å². The zero-order valence-electron chi connectivity index (χ0n) is 10.9. The second-order valence-electron chi connectivity index (χ2n) is 4.99. The minimum absolute atomic E-state index is 0.0588. The van der Waals surface area contributed by atoms with E-state index in [1.807, 2.05) is 26.8 Å². The molecule has 0 amide bonds. The normalized spacial score (nSPS) is 16.0. The average Bonchev–Trinajstić information content (AvgIpc) is 2.62. The number of ketones is 1. The molecule has 0 radical (unpaired) electrons. The van der Waals surface area contributed by atoms with Crippen LogP contribution in [0.15, 0.2) is 12.1 Å². The SMILES string of the molecule is CCOc1cc(C(=O)CBr)cc2c1OC(C)(C)C2. The fourth-order valence-corrected chi connectivity index (χ4v) is 2.50. The zero-order chi connectivity index (χ0) is 13.3. The van der Waals surface area contributed by atoms with Crippen molar-refractivity contribution in [2.45, 2.75) is 32.8 Å². The van der Waals surface area contributed by atoms with Gasteiger partial charge in [0.1, 0.15) is 5.60 Å². The molecule has 1 aliphatic rings. The molecule has 0 fully saturated rings. The standard InChI is InChI=1S/C14H17BrO3/c1-4-17-12-6-9(11(16)8-15)5-10-7-14(2,3)18-13(10)12/h5-6H,4,7-8H2,1-3H3. The van der Waals surface area contributed by atoms with Crippen LogP contribution in [0.3, 0.4) is 0 Å². The quantitative estimate of drug-likeness (QED) is 0.631. The van der Waals surface area contributed by atoms with Gasteiger partial charge in [0.15, 0.2) is 17.3 Å². The number of hydrogen-bond acceptors (Lipinski definition) is 3. The molecule has 2 rings (SSSR count). The van der Waals surface area contributed by atoms with Gasteiger partial charge in [-0.3, -0.25) is 4.79 Å². The monoisotopic (exact) mass is 312 g/mol. The zero-order valence-corrected chi connectivity index (χ0v) is 12.5. The summed E-state index contributed by atoms with van der Waals surface area (Å²) in [5.41, 5.74) is 1.50. The van der Waals surface area contributed by atoms with E-state index in [-0.39, 0.29) is 11.4 Å². The van der Waals surface area contributed by atoms with E-state index in [1.54, 1.807) is 6.07 Å². The van der Waals surface area contributed by atoms with Gasteiger partial charge in [-0.15, -0.1) is 0 Å². The maximum absolute atomic E-state index is 11.8.